The van der Waals surface area contributed by atoms with Crippen LogP contribution < -0.4 is 11.3 Å². The Morgan fingerprint density at radius 3 is 2.56 bits per heavy atom. The summed E-state index contributed by atoms with van der Waals surface area (Å²) in [5.74, 6) is 7.48. The first-order chi connectivity index (χ1) is 8.69. The van der Waals surface area contributed by atoms with Crippen LogP contribution in [0.1, 0.15) is 38.7 Å². The molecule has 1 atom stereocenters. The number of nitrogens with one attached hydrogen (secondary N) is 1. The molecule has 2 nitrogen and oxygen atoms in total. The molecule has 1 aromatic rings. The van der Waals surface area contributed by atoms with Gasteiger partial charge in [-0.15, -0.1) is 11.8 Å². The lowest BCUT2D eigenvalue weighted by Crippen LogP contribution is -2.38. The summed E-state index contributed by atoms with van der Waals surface area (Å²) in [6.07, 6.45) is 3.65. The Bertz CT molecular complexity index is 337. The van der Waals surface area contributed by atoms with Gasteiger partial charge < -0.3 is 0 Å². The summed E-state index contributed by atoms with van der Waals surface area (Å²) in [7, 11) is 0. The van der Waals surface area contributed by atoms with Gasteiger partial charge in [-0.05, 0) is 31.4 Å². The number of nitrogens with two attached hydrogens (primary N) is 1. The predicted molar refractivity (Wildman–Crippen MR) is 81.7 cm³/mol. The summed E-state index contributed by atoms with van der Waals surface area (Å²) in [5, 5.41) is 0. The van der Waals surface area contributed by atoms with Crippen LogP contribution in [0.5, 0.6) is 0 Å². The number of benzene rings is 1. The Kier molecular flexibility index (Phi) is 7.40. The van der Waals surface area contributed by atoms with Gasteiger partial charge in [-0.25, -0.2) is 0 Å². The van der Waals surface area contributed by atoms with Crippen LogP contribution in [0.2, 0.25) is 0 Å². The molecule has 3 N–H and O–H groups in total. The van der Waals surface area contributed by atoms with E-state index >= 15 is 0 Å². The number of hydrogen-bond acceptors (Lipinski definition) is 3. The van der Waals surface area contributed by atoms with E-state index < -0.39 is 0 Å². The summed E-state index contributed by atoms with van der Waals surface area (Å²) < 4.78 is 0. The van der Waals surface area contributed by atoms with E-state index in [9.17, 15) is 0 Å². The van der Waals surface area contributed by atoms with Crippen LogP contribution >= 0.6 is 11.8 Å². The molecule has 1 rings (SSSR count). The van der Waals surface area contributed by atoms with Gasteiger partial charge in [0.15, 0.2) is 0 Å². The third kappa shape index (κ3) is 5.42. The highest BCUT2D eigenvalue weighted by atomic mass is 32.2. The molecule has 0 aliphatic heterocycles. The van der Waals surface area contributed by atoms with Gasteiger partial charge in [0.1, 0.15) is 0 Å². The topological polar surface area (TPSA) is 38.0 Å². The highest BCUT2D eigenvalue weighted by Gasteiger charge is 2.13. The first-order valence-corrected chi connectivity index (χ1v) is 7.83. The van der Waals surface area contributed by atoms with Crippen molar-refractivity contribution in [2.24, 2.45) is 11.8 Å². The molecule has 102 valence electrons. The Morgan fingerprint density at radius 1 is 1.28 bits per heavy atom. The minimum absolute atomic E-state index is 0.403. The molecule has 1 unspecified atom stereocenters. The number of hydrogen-bond donors (Lipinski definition) is 2. The largest absolute Gasteiger partial charge is 0.271 e. The van der Waals surface area contributed by atoms with Crippen molar-refractivity contribution >= 4 is 11.8 Å². The normalized spacial score (nSPS) is 12.9. The Hall–Kier alpha value is -0.510. The fourth-order valence-corrected chi connectivity index (χ4v) is 3.18. The van der Waals surface area contributed by atoms with E-state index in [1.54, 1.807) is 0 Å². The van der Waals surface area contributed by atoms with Crippen LogP contribution in [0.15, 0.2) is 29.2 Å². The van der Waals surface area contributed by atoms with Gasteiger partial charge in [-0.3, -0.25) is 11.3 Å². The molecule has 0 amide bonds. The van der Waals surface area contributed by atoms with Crippen LogP contribution in [0, 0.1) is 12.8 Å². The van der Waals surface area contributed by atoms with E-state index in [0.29, 0.717) is 6.04 Å². The van der Waals surface area contributed by atoms with Crippen LogP contribution in [0.3, 0.4) is 0 Å². The minimum atomic E-state index is 0.403. The number of hydrazine groups is 1. The van der Waals surface area contributed by atoms with Gasteiger partial charge in [0, 0.05) is 16.7 Å². The maximum absolute atomic E-state index is 5.66. The lowest BCUT2D eigenvalue weighted by Gasteiger charge is -2.21. The Labute approximate surface area is 116 Å². The van der Waals surface area contributed by atoms with Gasteiger partial charge in [0.25, 0.3) is 0 Å². The van der Waals surface area contributed by atoms with Crippen molar-refractivity contribution in [3.63, 3.8) is 0 Å². The van der Waals surface area contributed by atoms with E-state index in [1.165, 1.54) is 29.7 Å². The maximum atomic E-state index is 5.66. The van der Waals surface area contributed by atoms with Crippen molar-refractivity contribution in [3.8, 4) is 0 Å². The quantitative estimate of drug-likeness (QED) is 0.427. The first kappa shape index (κ1) is 15.5. The van der Waals surface area contributed by atoms with Crippen molar-refractivity contribution in [2.75, 3.05) is 5.75 Å². The third-order valence-electron chi connectivity index (χ3n) is 3.45. The molecular weight excluding hydrogens is 240 g/mol. The fraction of sp³-hybridized carbons (Fsp3) is 0.600. The lowest BCUT2D eigenvalue weighted by atomic mass is 9.96. The van der Waals surface area contributed by atoms with Gasteiger partial charge in [0.2, 0.25) is 0 Å². The van der Waals surface area contributed by atoms with Gasteiger partial charge >= 0.3 is 0 Å². The molecule has 0 aliphatic rings. The van der Waals surface area contributed by atoms with Gasteiger partial charge in [-0.2, -0.15) is 0 Å². The molecule has 0 radical (unpaired) electrons. The van der Waals surface area contributed by atoms with Crippen molar-refractivity contribution < 1.29 is 0 Å². The Morgan fingerprint density at radius 2 is 2.00 bits per heavy atom. The van der Waals surface area contributed by atoms with E-state index in [0.717, 1.165) is 11.7 Å². The average Bonchev–Trinajstić information content (AvgIpc) is 2.39. The molecule has 18 heavy (non-hydrogen) atoms. The highest BCUT2D eigenvalue weighted by molar-refractivity contribution is 7.99. The van der Waals surface area contributed by atoms with E-state index in [4.69, 9.17) is 5.84 Å². The van der Waals surface area contributed by atoms with Crippen LogP contribution in [-0.4, -0.2) is 11.8 Å². The van der Waals surface area contributed by atoms with Crippen molar-refractivity contribution in [1.82, 2.24) is 5.43 Å². The lowest BCUT2D eigenvalue weighted by molar-refractivity contribution is 0.387. The summed E-state index contributed by atoms with van der Waals surface area (Å²) in [6.45, 7) is 6.65. The van der Waals surface area contributed by atoms with E-state index in [2.05, 4.69) is 50.5 Å². The number of rotatable bonds is 8. The average molecular weight is 266 g/mol. The van der Waals surface area contributed by atoms with Gasteiger partial charge in [-0.1, -0.05) is 44.4 Å². The van der Waals surface area contributed by atoms with Crippen molar-refractivity contribution in [1.29, 1.82) is 0 Å². The molecule has 0 aromatic heterocycles. The summed E-state index contributed by atoms with van der Waals surface area (Å²) in [4.78, 5) is 1.33. The number of aryl methyl sites for hydroxylation is 1. The van der Waals surface area contributed by atoms with Crippen LogP contribution in [0.4, 0.5) is 0 Å². The smallest absolute Gasteiger partial charge is 0.0307 e. The fourth-order valence-electron chi connectivity index (χ4n) is 2.11. The second-order valence-corrected chi connectivity index (χ2v) is 6.00. The molecule has 0 aliphatic carbocycles. The maximum Gasteiger partial charge on any atom is 0.0307 e. The molecule has 0 bridgehead atoms. The molecule has 3 heteroatoms. The first-order valence-electron chi connectivity index (χ1n) is 6.85. The third-order valence-corrected chi connectivity index (χ3v) is 4.61. The van der Waals surface area contributed by atoms with E-state index in [1.807, 2.05) is 11.8 Å². The molecule has 0 saturated heterocycles. The number of thioether (sulfide) groups is 1. The standard InChI is InChI=1S/C15H26N2S/c1-4-13(5-2)10-14(17-16)11-18-15-8-6-7-12(3)9-15/h6-9,13-14,17H,4-5,10-11,16H2,1-3H3. The van der Waals surface area contributed by atoms with Crippen LogP contribution in [-0.2, 0) is 0 Å². The zero-order valence-corrected chi connectivity index (χ0v) is 12.6. The molecule has 0 saturated carbocycles. The van der Waals surface area contributed by atoms with Crippen LogP contribution in [0.25, 0.3) is 0 Å². The summed E-state index contributed by atoms with van der Waals surface area (Å²) >= 11 is 1.89. The van der Waals surface area contributed by atoms with Crippen molar-refractivity contribution in [3.05, 3.63) is 29.8 Å². The summed E-state index contributed by atoms with van der Waals surface area (Å²) in [5.41, 5.74) is 4.28. The summed E-state index contributed by atoms with van der Waals surface area (Å²) in [6, 6.07) is 9.05. The Balaban J connectivity index is 2.44. The predicted octanol–water partition coefficient (Wildman–Crippen LogP) is 3.75. The minimum Gasteiger partial charge on any atom is -0.271 e. The zero-order chi connectivity index (χ0) is 13.4. The molecule has 1 aromatic carbocycles. The molecule has 0 fully saturated rings. The molecular formula is C15H26N2S. The second-order valence-electron chi connectivity index (χ2n) is 4.91. The molecule has 0 spiro atoms. The SMILES string of the molecule is CCC(CC)CC(CSc1cccc(C)c1)NN. The monoisotopic (exact) mass is 266 g/mol. The highest BCUT2D eigenvalue weighted by Crippen LogP contribution is 2.23. The molecule has 0 heterocycles. The zero-order valence-electron chi connectivity index (χ0n) is 11.8. The van der Waals surface area contributed by atoms with E-state index in [-0.39, 0.29) is 0 Å². The second kappa shape index (κ2) is 8.57. The van der Waals surface area contributed by atoms with Crippen molar-refractivity contribution in [2.45, 2.75) is 51.0 Å². The van der Waals surface area contributed by atoms with Gasteiger partial charge in [0.05, 0.1) is 0 Å².